The van der Waals surface area contributed by atoms with E-state index in [9.17, 15) is 13.6 Å². The first-order valence-electron chi connectivity index (χ1n) is 4.27. The first kappa shape index (κ1) is 13.2. The molecule has 0 spiro atoms. The van der Waals surface area contributed by atoms with Crippen molar-refractivity contribution in [2.75, 3.05) is 7.11 Å². The van der Waals surface area contributed by atoms with Gasteiger partial charge in [0.1, 0.15) is 17.2 Å². The van der Waals surface area contributed by atoms with Crippen molar-refractivity contribution in [2.45, 2.75) is 6.61 Å². The lowest BCUT2D eigenvalue weighted by molar-refractivity contribution is -0.0505. The molecule has 4 nitrogen and oxygen atoms in total. The SMILES string of the molecule is COC(=O)c1ccc(Cl)c(C#N)c1OC(F)F. The van der Waals surface area contributed by atoms with Gasteiger partial charge in [-0.1, -0.05) is 11.6 Å². The molecule has 0 radical (unpaired) electrons. The van der Waals surface area contributed by atoms with Gasteiger partial charge in [0.25, 0.3) is 0 Å². The fourth-order valence-electron chi connectivity index (χ4n) is 1.15. The second-order valence-electron chi connectivity index (χ2n) is 2.78. The zero-order valence-electron chi connectivity index (χ0n) is 8.54. The average Bonchev–Trinajstić information content (AvgIpc) is 2.28. The van der Waals surface area contributed by atoms with Gasteiger partial charge in [-0.15, -0.1) is 0 Å². The van der Waals surface area contributed by atoms with E-state index >= 15 is 0 Å². The highest BCUT2D eigenvalue weighted by Gasteiger charge is 2.22. The summed E-state index contributed by atoms with van der Waals surface area (Å²) in [7, 11) is 1.08. The fraction of sp³-hybridized carbons (Fsp3) is 0.200. The number of methoxy groups -OCH3 is 1. The van der Waals surface area contributed by atoms with E-state index in [-0.39, 0.29) is 16.1 Å². The number of carbonyl (C=O) groups excluding carboxylic acids is 1. The highest BCUT2D eigenvalue weighted by molar-refractivity contribution is 6.32. The van der Waals surface area contributed by atoms with Gasteiger partial charge >= 0.3 is 12.6 Å². The van der Waals surface area contributed by atoms with Crippen molar-refractivity contribution in [3.05, 3.63) is 28.3 Å². The van der Waals surface area contributed by atoms with Crippen molar-refractivity contribution in [3.63, 3.8) is 0 Å². The molecule has 1 rings (SSSR count). The van der Waals surface area contributed by atoms with Crippen LogP contribution in [-0.2, 0) is 4.74 Å². The zero-order chi connectivity index (χ0) is 13.0. The number of ether oxygens (including phenoxy) is 2. The smallest absolute Gasteiger partial charge is 0.387 e. The van der Waals surface area contributed by atoms with Crippen LogP contribution in [0.2, 0.25) is 5.02 Å². The van der Waals surface area contributed by atoms with Gasteiger partial charge in [0.15, 0.2) is 5.75 Å². The number of hydrogen-bond donors (Lipinski definition) is 0. The lowest BCUT2D eigenvalue weighted by atomic mass is 10.1. The van der Waals surface area contributed by atoms with Crippen molar-refractivity contribution in [1.82, 2.24) is 0 Å². The molecule has 0 aliphatic heterocycles. The number of halogens is 3. The molecule has 0 aromatic heterocycles. The molecule has 0 amide bonds. The van der Waals surface area contributed by atoms with Gasteiger partial charge in [0, 0.05) is 0 Å². The van der Waals surface area contributed by atoms with Gasteiger partial charge < -0.3 is 9.47 Å². The van der Waals surface area contributed by atoms with Crippen LogP contribution in [0.25, 0.3) is 0 Å². The van der Waals surface area contributed by atoms with Gasteiger partial charge in [0.05, 0.1) is 12.1 Å². The summed E-state index contributed by atoms with van der Waals surface area (Å²) in [5.41, 5.74) is -0.622. The van der Waals surface area contributed by atoms with Crippen LogP contribution in [0.4, 0.5) is 8.78 Å². The van der Waals surface area contributed by atoms with Crippen LogP contribution >= 0.6 is 11.6 Å². The van der Waals surface area contributed by atoms with E-state index in [1.54, 1.807) is 6.07 Å². The maximum Gasteiger partial charge on any atom is 0.387 e. The van der Waals surface area contributed by atoms with E-state index in [0.717, 1.165) is 13.2 Å². The Morgan fingerprint density at radius 2 is 2.18 bits per heavy atom. The standard InChI is InChI=1S/C10H6ClF2NO3/c1-16-9(15)5-2-3-7(11)6(4-14)8(5)17-10(12)13/h2-3,10H,1H3. The number of hydrogen-bond acceptors (Lipinski definition) is 4. The monoisotopic (exact) mass is 261 g/mol. The molecule has 0 unspecified atom stereocenters. The van der Waals surface area contributed by atoms with Crippen LogP contribution < -0.4 is 4.74 Å². The summed E-state index contributed by atoms with van der Waals surface area (Å²) in [5.74, 6) is -1.48. The number of esters is 1. The molecular formula is C10H6ClF2NO3. The molecule has 1 aromatic carbocycles. The number of carbonyl (C=O) groups is 1. The Labute approximate surface area is 100 Å². The quantitative estimate of drug-likeness (QED) is 0.785. The molecular weight excluding hydrogens is 256 g/mol. The molecule has 0 fully saturated rings. The van der Waals surface area contributed by atoms with Crippen molar-refractivity contribution in [2.24, 2.45) is 0 Å². The van der Waals surface area contributed by atoms with Crippen LogP contribution in [0, 0.1) is 11.3 Å². The molecule has 0 saturated heterocycles. The molecule has 0 aliphatic rings. The van der Waals surface area contributed by atoms with Crippen LogP contribution in [0.5, 0.6) is 5.75 Å². The summed E-state index contributed by atoms with van der Waals surface area (Å²) in [5, 5.41) is 8.69. The van der Waals surface area contributed by atoms with Crippen molar-refractivity contribution in [1.29, 1.82) is 5.26 Å². The Morgan fingerprint density at radius 1 is 1.53 bits per heavy atom. The molecule has 0 saturated carbocycles. The second-order valence-corrected chi connectivity index (χ2v) is 3.19. The summed E-state index contributed by atoms with van der Waals surface area (Å²) in [6.45, 7) is -3.18. The molecule has 0 atom stereocenters. The highest BCUT2D eigenvalue weighted by Crippen LogP contribution is 2.31. The Bertz CT molecular complexity index is 485. The maximum atomic E-state index is 12.2. The topological polar surface area (TPSA) is 59.3 Å². The third kappa shape index (κ3) is 2.82. The fourth-order valence-corrected chi connectivity index (χ4v) is 1.34. The predicted molar refractivity (Wildman–Crippen MR) is 54.1 cm³/mol. The van der Waals surface area contributed by atoms with Crippen LogP contribution in [0.3, 0.4) is 0 Å². The molecule has 0 bridgehead atoms. The summed E-state index contributed by atoms with van der Waals surface area (Å²) in [6.07, 6.45) is 0. The maximum absolute atomic E-state index is 12.2. The number of nitrogens with zero attached hydrogens (tertiary/aromatic N) is 1. The lowest BCUT2D eigenvalue weighted by Gasteiger charge is -2.11. The van der Waals surface area contributed by atoms with E-state index in [1.807, 2.05) is 0 Å². The van der Waals surface area contributed by atoms with Gasteiger partial charge in [0.2, 0.25) is 0 Å². The molecule has 0 aliphatic carbocycles. The lowest BCUT2D eigenvalue weighted by Crippen LogP contribution is -2.11. The Balaban J connectivity index is 3.41. The van der Waals surface area contributed by atoms with Crippen molar-refractivity contribution in [3.8, 4) is 11.8 Å². The van der Waals surface area contributed by atoms with Crippen LogP contribution in [0.1, 0.15) is 15.9 Å². The minimum absolute atomic E-state index is 0.0872. The molecule has 0 N–H and O–H groups in total. The Hall–Kier alpha value is -1.87. The first-order chi connectivity index (χ1) is 8.01. The Kier molecular flexibility index (Phi) is 4.24. The van der Waals surface area contributed by atoms with E-state index < -0.39 is 18.3 Å². The first-order valence-corrected chi connectivity index (χ1v) is 4.64. The summed E-state index contributed by atoms with van der Waals surface area (Å²) < 4.78 is 32.9. The molecule has 90 valence electrons. The number of benzene rings is 1. The van der Waals surface area contributed by atoms with Gasteiger partial charge in [-0.05, 0) is 12.1 Å². The number of nitriles is 1. The third-order valence-electron chi connectivity index (χ3n) is 1.83. The molecule has 0 heterocycles. The van der Waals surface area contributed by atoms with Crippen molar-refractivity contribution < 1.29 is 23.0 Å². The molecule has 1 aromatic rings. The average molecular weight is 262 g/mol. The van der Waals surface area contributed by atoms with E-state index in [0.29, 0.717) is 0 Å². The summed E-state index contributed by atoms with van der Waals surface area (Å²) in [6, 6.07) is 3.96. The molecule has 7 heteroatoms. The summed E-state index contributed by atoms with van der Waals surface area (Å²) in [4.78, 5) is 11.3. The largest absolute Gasteiger partial charge is 0.465 e. The highest BCUT2D eigenvalue weighted by atomic mass is 35.5. The van der Waals surface area contributed by atoms with Crippen LogP contribution in [0.15, 0.2) is 12.1 Å². The minimum atomic E-state index is -3.18. The van der Waals surface area contributed by atoms with Crippen LogP contribution in [-0.4, -0.2) is 19.7 Å². The van der Waals surface area contributed by atoms with Gasteiger partial charge in [-0.2, -0.15) is 14.0 Å². The number of rotatable bonds is 3. The van der Waals surface area contributed by atoms with Crippen molar-refractivity contribution >= 4 is 17.6 Å². The Morgan fingerprint density at radius 3 is 2.65 bits per heavy atom. The normalized spacial score (nSPS) is 9.88. The predicted octanol–water partition coefficient (Wildman–Crippen LogP) is 2.60. The van der Waals surface area contributed by atoms with E-state index in [4.69, 9.17) is 16.9 Å². The number of alkyl halides is 2. The second kappa shape index (κ2) is 5.46. The summed E-state index contributed by atoms with van der Waals surface area (Å²) >= 11 is 5.63. The zero-order valence-corrected chi connectivity index (χ0v) is 9.29. The molecule has 17 heavy (non-hydrogen) atoms. The van der Waals surface area contributed by atoms with Gasteiger partial charge in [-0.3, -0.25) is 0 Å². The van der Waals surface area contributed by atoms with E-state index in [1.165, 1.54) is 6.07 Å². The third-order valence-corrected chi connectivity index (χ3v) is 2.15. The minimum Gasteiger partial charge on any atom is -0.465 e. The van der Waals surface area contributed by atoms with E-state index in [2.05, 4.69) is 9.47 Å². The van der Waals surface area contributed by atoms with Gasteiger partial charge in [-0.25, -0.2) is 4.79 Å².